The van der Waals surface area contributed by atoms with Crippen LogP contribution in [0.1, 0.15) is 27.0 Å². The van der Waals surface area contributed by atoms with Crippen molar-refractivity contribution in [2.75, 3.05) is 0 Å². The van der Waals surface area contributed by atoms with Gasteiger partial charge in [0.25, 0.3) is 0 Å². The van der Waals surface area contributed by atoms with E-state index in [0.717, 1.165) is 76.4 Å². The van der Waals surface area contributed by atoms with Crippen LogP contribution >= 0.6 is 11.3 Å². The summed E-state index contributed by atoms with van der Waals surface area (Å²) in [7, 11) is 0. The minimum Gasteiger partial charge on any atom is -0.294 e. The van der Waals surface area contributed by atoms with Crippen molar-refractivity contribution in [3.05, 3.63) is 173 Å². The van der Waals surface area contributed by atoms with Crippen LogP contribution in [-0.2, 0) is 12.8 Å². The van der Waals surface area contributed by atoms with Crippen molar-refractivity contribution in [2.24, 2.45) is 0 Å². The Balaban J connectivity index is 1.18. The van der Waals surface area contributed by atoms with Crippen LogP contribution < -0.4 is 0 Å². The zero-order chi connectivity index (χ0) is 32.7. The highest BCUT2D eigenvalue weighted by atomic mass is 32.1. The van der Waals surface area contributed by atoms with Crippen LogP contribution in [0.3, 0.4) is 0 Å². The Morgan fingerprint density at radius 1 is 0.551 bits per heavy atom. The van der Waals surface area contributed by atoms with Crippen molar-refractivity contribution >= 4 is 60.7 Å². The number of benzene rings is 6. The molecule has 0 saturated heterocycles. The summed E-state index contributed by atoms with van der Waals surface area (Å²) in [6, 6.07) is 47.6. The van der Waals surface area contributed by atoms with Gasteiger partial charge in [-0.05, 0) is 70.6 Å². The van der Waals surface area contributed by atoms with Crippen molar-refractivity contribution in [3.8, 4) is 21.7 Å². The molecule has 0 spiro atoms. The van der Waals surface area contributed by atoms with Gasteiger partial charge in [0.2, 0.25) is 0 Å². The number of ketones is 1. The molecule has 49 heavy (non-hydrogen) atoms. The Morgan fingerprint density at radius 2 is 1.18 bits per heavy atom. The SMILES string of the molecule is O=C(Cc1c(Cc2ccccc2-c2nccs2)ccc2nc3ccccc3cc12)c1ccccc1-c1cccc2nc3ccccc3cc12. The zero-order valence-corrected chi connectivity index (χ0v) is 27.3. The molecule has 5 heteroatoms. The van der Waals surface area contributed by atoms with Gasteiger partial charge in [-0.2, -0.15) is 0 Å². The molecule has 6 aromatic carbocycles. The largest absolute Gasteiger partial charge is 0.294 e. The second-order valence-electron chi connectivity index (χ2n) is 12.3. The first-order valence-corrected chi connectivity index (χ1v) is 17.3. The average Bonchev–Trinajstić information content (AvgIpc) is 3.69. The molecule has 0 amide bonds. The molecule has 0 aliphatic heterocycles. The molecule has 9 aromatic rings. The van der Waals surface area contributed by atoms with E-state index in [1.165, 1.54) is 5.56 Å². The summed E-state index contributed by atoms with van der Waals surface area (Å²) >= 11 is 1.64. The molecule has 0 unspecified atom stereocenters. The van der Waals surface area contributed by atoms with Gasteiger partial charge in [-0.3, -0.25) is 4.79 Å². The Hall–Kier alpha value is -6.04. The van der Waals surface area contributed by atoms with Gasteiger partial charge in [0, 0.05) is 50.7 Å². The van der Waals surface area contributed by atoms with Gasteiger partial charge < -0.3 is 0 Å². The third kappa shape index (κ3) is 5.35. The summed E-state index contributed by atoms with van der Waals surface area (Å²) in [5.74, 6) is 0.0662. The average molecular weight is 648 g/mol. The van der Waals surface area contributed by atoms with E-state index in [1.807, 2.05) is 78.3 Å². The number of nitrogens with zero attached hydrogens (tertiary/aromatic N) is 3. The van der Waals surface area contributed by atoms with Crippen LogP contribution in [0.15, 0.2) is 151 Å². The van der Waals surface area contributed by atoms with Crippen LogP contribution in [0.5, 0.6) is 0 Å². The van der Waals surface area contributed by atoms with Gasteiger partial charge in [-0.1, -0.05) is 103 Å². The molecule has 3 heterocycles. The van der Waals surface area contributed by atoms with Crippen LogP contribution in [0.25, 0.3) is 65.3 Å². The molecule has 0 saturated carbocycles. The molecule has 232 valence electrons. The summed E-state index contributed by atoms with van der Waals surface area (Å²) in [6.07, 6.45) is 2.76. The van der Waals surface area contributed by atoms with Gasteiger partial charge in [-0.15, -0.1) is 11.3 Å². The van der Waals surface area contributed by atoms with Crippen molar-refractivity contribution < 1.29 is 4.79 Å². The Kier molecular flexibility index (Phi) is 7.25. The first kappa shape index (κ1) is 29.1. The van der Waals surface area contributed by atoms with Crippen molar-refractivity contribution in [1.82, 2.24) is 15.0 Å². The second-order valence-corrected chi connectivity index (χ2v) is 13.2. The van der Waals surface area contributed by atoms with E-state index in [-0.39, 0.29) is 12.2 Å². The standard InChI is InChI=1S/C44H29N3OS/c48-43(35-15-6-5-14-33(35)34-16-9-19-41-37(34)25-30-11-2-7-17-39(30)46-41)27-36-29(24-28-10-1-4-13-32(28)44-45-22-23-49-44)20-21-42-38(36)26-31-12-3-8-18-40(31)47-42/h1-23,25-26H,24,27H2. The van der Waals surface area contributed by atoms with Crippen LogP contribution in [0.2, 0.25) is 0 Å². The fourth-order valence-corrected chi connectivity index (χ4v) is 7.72. The Morgan fingerprint density at radius 3 is 1.96 bits per heavy atom. The topological polar surface area (TPSA) is 55.7 Å². The summed E-state index contributed by atoms with van der Waals surface area (Å²) < 4.78 is 0. The Bertz CT molecular complexity index is 2700. The number of Topliss-reactive ketones (excluding diaryl/α,β-unsaturated/α-hetero) is 1. The van der Waals surface area contributed by atoms with Crippen LogP contribution in [-0.4, -0.2) is 20.7 Å². The van der Waals surface area contributed by atoms with E-state index in [4.69, 9.17) is 9.97 Å². The number of carbonyl (C=O) groups is 1. The van der Waals surface area contributed by atoms with E-state index in [1.54, 1.807) is 11.3 Å². The second kappa shape index (κ2) is 12.2. The molecule has 0 atom stereocenters. The van der Waals surface area contributed by atoms with Crippen LogP contribution in [0, 0.1) is 0 Å². The minimum absolute atomic E-state index is 0.0662. The van der Waals surface area contributed by atoms with E-state index in [2.05, 4.69) is 77.8 Å². The maximum atomic E-state index is 14.7. The summed E-state index contributed by atoms with van der Waals surface area (Å²) in [4.78, 5) is 29.3. The number of carbonyl (C=O) groups excluding carboxylic acids is 1. The molecule has 0 aliphatic carbocycles. The quantitative estimate of drug-likeness (QED) is 0.128. The highest BCUT2D eigenvalue weighted by Gasteiger charge is 2.20. The van der Waals surface area contributed by atoms with Crippen molar-refractivity contribution in [1.29, 1.82) is 0 Å². The molecular formula is C44H29N3OS. The molecular weight excluding hydrogens is 619 g/mol. The number of aromatic nitrogens is 3. The van der Waals surface area contributed by atoms with E-state index < -0.39 is 0 Å². The lowest BCUT2D eigenvalue weighted by molar-refractivity contribution is 0.0993. The summed E-state index contributed by atoms with van der Waals surface area (Å²) in [6.45, 7) is 0. The van der Waals surface area contributed by atoms with E-state index in [0.29, 0.717) is 12.0 Å². The molecule has 0 bridgehead atoms. The van der Waals surface area contributed by atoms with E-state index in [9.17, 15) is 4.79 Å². The summed E-state index contributed by atoms with van der Waals surface area (Å²) in [5, 5.41) is 7.17. The first-order chi connectivity index (χ1) is 24.2. The Labute approximate surface area is 287 Å². The third-order valence-corrected chi connectivity index (χ3v) is 10.2. The number of pyridine rings is 2. The lowest BCUT2D eigenvalue weighted by Gasteiger charge is -2.17. The highest BCUT2D eigenvalue weighted by Crippen LogP contribution is 2.35. The van der Waals surface area contributed by atoms with Crippen molar-refractivity contribution in [3.63, 3.8) is 0 Å². The van der Waals surface area contributed by atoms with E-state index >= 15 is 0 Å². The van der Waals surface area contributed by atoms with Gasteiger partial charge in [0.15, 0.2) is 5.78 Å². The number of para-hydroxylation sites is 2. The summed E-state index contributed by atoms with van der Waals surface area (Å²) in [5.41, 5.74) is 10.7. The van der Waals surface area contributed by atoms with Crippen molar-refractivity contribution in [2.45, 2.75) is 12.8 Å². The first-order valence-electron chi connectivity index (χ1n) is 16.4. The lowest BCUT2D eigenvalue weighted by atomic mass is 9.88. The number of rotatable bonds is 7. The molecule has 0 aliphatic rings. The van der Waals surface area contributed by atoms with Gasteiger partial charge in [-0.25, -0.2) is 15.0 Å². The molecule has 9 rings (SSSR count). The fraction of sp³-hybridized carbons (Fsp3) is 0.0455. The number of hydrogen-bond acceptors (Lipinski definition) is 5. The monoisotopic (exact) mass is 647 g/mol. The molecule has 0 radical (unpaired) electrons. The maximum absolute atomic E-state index is 14.7. The lowest BCUT2D eigenvalue weighted by Crippen LogP contribution is -2.09. The minimum atomic E-state index is 0.0662. The molecule has 3 aromatic heterocycles. The predicted octanol–water partition coefficient (Wildman–Crippen LogP) is 10.9. The normalized spacial score (nSPS) is 11.5. The molecule has 0 fully saturated rings. The van der Waals surface area contributed by atoms with Gasteiger partial charge >= 0.3 is 0 Å². The predicted molar refractivity (Wildman–Crippen MR) is 202 cm³/mol. The third-order valence-electron chi connectivity index (χ3n) is 9.39. The van der Waals surface area contributed by atoms with Crippen LogP contribution in [0.4, 0.5) is 0 Å². The van der Waals surface area contributed by atoms with Gasteiger partial charge in [0.1, 0.15) is 5.01 Å². The number of hydrogen-bond donors (Lipinski definition) is 0. The highest BCUT2D eigenvalue weighted by molar-refractivity contribution is 7.13. The maximum Gasteiger partial charge on any atom is 0.167 e. The number of thiazole rings is 1. The molecule has 0 N–H and O–H groups in total. The number of fused-ring (bicyclic) bond motifs is 4. The fourth-order valence-electron chi connectivity index (χ4n) is 7.02. The molecule has 4 nitrogen and oxygen atoms in total. The smallest absolute Gasteiger partial charge is 0.167 e. The zero-order valence-electron chi connectivity index (χ0n) is 26.5. The van der Waals surface area contributed by atoms with Gasteiger partial charge in [0.05, 0.1) is 22.1 Å².